The van der Waals surface area contributed by atoms with Crippen LogP contribution in [0.5, 0.6) is 0 Å². The van der Waals surface area contributed by atoms with Crippen LogP contribution < -0.4 is 10.6 Å². The van der Waals surface area contributed by atoms with Gasteiger partial charge in [0, 0.05) is 16.3 Å². The molecular formula is C16H12Cl2N2O2S. The Morgan fingerprint density at radius 3 is 2.78 bits per heavy atom. The van der Waals surface area contributed by atoms with E-state index in [0.29, 0.717) is 15.7 Å². The smallest absolute Gasteiger partial charge is 0.238 e. The van der Waals surface area contributed by atoms with E-state index in [0.717, 1.165) is 10.6 Å². The Bertz CT molecular complexity index is 782. The van der Waals surface area contributed by atoms with Gasteiger partial charge in [-0.25, -0.2) is 0 Å². The zero-order valence-electron chi connectivity index (χ0n) is 11.8. The van der Waals surface area contributed by atoms with Gasteiger partial charge in [0.25, 0.3) is 0 Å². The summed E-state index contributed by atoms with van der Waals surface area (Å²) in [4.78, 5) is 25.2. The summed E-state index contributed by atoms with van der Waals surface area (Å²) in [5.41, 5.74) is 1.25. The molecule has 0 spiro atoms. The van der Waals surface area contributed by atoms with Crippen LogP contribution in [0.1, 0.15) is 6.42 Å². The normalized spacial score (nSPS) is 16.4. The number of hydrogen-bond donors (Lipinski definition) is 2. The van der Waals surface area contributed by atoms with Gasteiger partial charge in [0.2, 0.25) is 11.8 Å². The SMILES string of the molecule is O=C(C[C@@H]1Sc2ccccc2NC1=O)Nc1ccc(Cl)cc1Cl. The van der Waals surface area contributed by atoms with Crippen molar-refractivity contribution in [2.75, 3.05) is 10.6 Å². The second kappa shape index (κ2) is 6.83. The van der Waals surface area contributed by atoms with E-state index in [-0.39, 0.29) is 18.2 Å². The van der Waals surface area contributed by atoms with Gasteiger partial charge in [-0.1, -0.05) is 35.3 Å². The van der Waals surface area contributed by atoms with E-state index < -0.39 is 5.25 Å². The van der Waals surface area contributed by atoms with Crippen molar-refractivity contribution in [1.82, 2.24) is 0 Å². The second-order valence-electron chi connectivity index (χ2n) is 4.97. The van der Waals surface area contributed by atoms with Crippen LogP contribution in [0, 0.1) is 0 Å². The number of anilines is 2. The van der Waals surface area contributed by atoms with Crippen LogP contribution in [-0.2, 0) is 9.59 Å². The highest BCUT2D eigenvalue weighted by Gasteiger charge is 2.28. The van der Waals surface area contributed by atoms with Crippen LogP contribution in [0.4, 0.5) is 11.4 Å². The third-order valence-electron chi connectivity index (χ3n) is 3.28. The maximum atomic E-state index is 12.2. The van der Waals surface area contributed by atoms with Gasteiger partial charge in [0.15, 0.2) is 0 Å². The Labute approximate surface area is 147 Å². The minimum Gasteiger partial charge on any atom is -0.325 e. The summed E-state index contributed by atoms with van der Waals surface area (Å²) in [7, 11) is 0. The Morgan fingerprint density at radius 2 is 2.00 bits per heavy atom. The first-order valence-corrected chi connectivity index (χ1v) is 8.48. The lowest BCUT2D eigenvalue weighted by Gasteiger charge is -2.23. The molecule has 0 saturated heterocycles. The maximum absolute atomic E-state index is 12.2. The van der Waals surface area contributed by atoms with Crippen LogP contribution in [0.2, 0.25) is 10.0 Å². The Balaban J connectivity index is 1.67. The Kier molecular flexibility index (Phi) is 4.80. The molecule has 0 bridgehead atoms. The summed E-state index contributed by atoms with van der Waals surface area (Å²) in [6.45, 7) is 0. The van der Waals surface area contributed by atoms with Crippen LogP contribution in [0.3, 0.4) is 0 Å². The monoisotopic (exact) mass is 366 g/mol. The summed E-state index contributed by atoms with van der Waals surface area (Å²) in [6.07, 6.45) is 0.0593. The maximum Gasteiger partial charge on any atom is 0.238 e. The third kappa shape index (κ3) is 3.80. The average molecular weight is 367 g/mol. The second-order valence-corrected chi connectivity index (χ2v) is 7.06. The van der Waals surface area contributed by atoms with E-state index in [2.05, 4.69) is 10.6 Å². The van der Waals surface area contributed by atoms with Crippen molar-refractivity contribution in [2.24, 2.45) is 0 Å². The van der Waals surface area contributed by atoms with Crippen molar-refractivity contribution in [3.05, 3.63) is 52.5 Å². The number of thioether (sulfide) groups is 1. The van der Waals surface area contributed by atoms with E-state index in [4.69, 9.17) is 23.2 Å². The standard InChI is InChI=1S/C16H12Cl2N2O2S/c17-9-5-6-11(10(18)7-9)19-15(21)8-14-16(22)20-12-3-1-2-4-13(12)23-14/h1-7,14H,8H2,(H,19,21)(H,20,22)/t14-/m0/s1. The van der Waals surface area contributed by atoms with Crippen LogP contribution in [-0.4, -0.2) is 17.1 Å². The molecule has 1 atom stereocenters. The number of hydrogen-bond acceptors (Lipinski definition) is 3. The lowest BCUT2D eigenvalue weighted by Crippen LogP contribution is -2.32. The van der Waals surface area contributed by atoms with E-state index in [1.807, 2.05) is 24.3 Å². The van der Waals surface area contributed by atoms with E-state index in [1.54, 1.807) is 18.2 Å². The first kappa shape index (κ1) is 16.2. The molecule has 23 heavy (non-hydrogen) atoms. The van der Waals surface area contributed by atoms with Crippen LogP contribution >= 0.6 is 35.0 Å². The van der Waals surface area contributed by atoms with Crippen molar-refractivity contribution in [1.29, 1.82) is 0 Å². The number of amides is 2. The summed E-state index contributed by atoms with van der Waals surface area (Å²) < 4.78 is 0. The molecule has 1 heterocycles. The van der Waals surface area contributed by atoms with Crippen molar-refractivity contribution in [2.45, 2.75) is 16.6 Å². The minimum atomic E-state index is -0.476. The minimum absolute atomic E-state index is 0.0593. The van der Waals surface area contributed by atoms with Gasteiger partial charge < -0.3 is 10.6 Å². The molecule has 0 aromatic heterocycles. The van der Waals surface area contributed by atoms with E-state index in [9.17, 15) is 9.59 Å². The first-order valence-electron chi connectivity index (χ1n) is 6.84. The van der Waals surface area contributed by atoms with Crippen molar-refractivity contribution >= 4 is 58.2 Å². The number of halogens is 2. The van der Waals surface area contributed by atoms with Crippen LogP contribution in [0.15, 0.2) is 47.4 Å². The highest BCUT2D eigenvalue weighted by molar-refractivity contribution is 8.01. The zero-order valence-corrected chi connectivity index (χ0v) is 14.1. The largest absolute Gasteiger partial charge is 0.325 e. The highest BCUT2D eigenvalue weighted by atomic mass is 35.5. The summed E-state index contributed by atoms with van der Waals surface area (Å²) in [5, 5.41) is 5.90. The molecule has 2 aromatic rings. The van der Waals surface area contributed by atoms with Gasteiger partial charge in [0.05, 0.1) is 21.6 Å². The fourth-order valence-electron chi connectivity index (χ4n) is 2.19. The van der Waals surface area contributed by atoms with Gasteiger partial charge in [-0.3, -0.25) is 9.59 Å². The van der Waals surface area contributed by atoms with Crippen molar-refractivity contribution < 1.29 is 9.59 Å². The number of rotatable bonds is 3. The van der Waals surface area contributed by atoms with Gasteiger partial charge in [-0.05, 0) is 30.3 Å². The fraction of sp³-hybridized carbons (Fsp3) is 0.125. The number of fused-ring (bicyclic) bond motifs is 1. The molecule has 1 aliphatic heterocycles. The molecule has 2 N–H and O–H groups in total. The molecule has 1 aliphatic rings. The lowest BCUT2D eigenvalue weighted by molar-refractivity contribution is -0.120. The molecule has 0 unspecified atom stereocenters. The Hall–Kier alpha value is -1.69. The molecular weight excluding hydrogens is 355 g/mol. The zero-order chi connectivity index (χ0) is 16.4. The van der Waals surface area contributed by atoms with E-state index in [1.165, 1.54) is 11.8 Å². The average Bonchev–Trinajstić information content (AvgIpc) is 2.51. The van der Waals surface area contributed by atoms with Crippen LogP contribution in [0.25, 0.3) is 0 Å². The number of carbonyl (C=O) groups is 2. The molecule has 3 rings (SSSR count). The van der Waals surface area contributed by atoms with Gasteiger partial charge in [-0.2, -0.15) is 0 Å². The number of carbonyl (C=O) groups excluding carboxylic acids is 2. The molecule has 7 heteroatoms. The molecule has 2 amide bonds. The van der Waals surface area contributed by atoms with Gasteiger partial charge in [0.1, 0.15) is 0 Å². The van der Waals surface area contributed by atoms with Crippen molar-refractivity contribution in [3.8, 4) is 0 Å². The number of nitrogens with one attached hydrogen (secondary N) is 2. The molecule has 2 aromatic carbocycles. The highest BCUT2D eigenvalue weighted by Crippen LogP contribution is 2.36. The predicted molar refractivity (Wildman–Crippen MR) is 94.4 cm³/mol. The summed E-state index contributed by atoms with van der Waals surface area (Å²) >= 11 is 13.2. The van der Waals surface area contributed by atoms with Crippen molar-refractivity contribution in [3.63, 3.8) is 0 Å². The molecule has 118 valence electrons. The third-order valence-corrected chi connectivity index (χ3v) is 5.11. The number of para-hydroxylation sites is 1. The summed E-state index contributed by atoms with van der Waals surface area (Å²) in [6, 6.07) is 12.3. The topological polar surface area (TPSA) is 58.2 Å². The van der Waals surface area contributed by atoms with Gasteiger partial charge in [-0.15, -0.1) is 11.8 Å². The molecule has 4 nitrogen and oxygen atoms in total. The van der Waals surface area contributed by atoms with E-state index >= 15 is 0 Å². The summed E-state index contributed by atoms with van der Waals surface area (Å²) in [5.74, 6) is -0.452. The Morgan fingerprint density at radius 1 is 1.22 bits per heavy atom. The number of benzene rings is 2. The quantitative estimate of drug-likeness (QED) is 0.844. The lowest BCUT2D eigenvalue weighted by atomic mass is 10.2. The van der Waals surface area contributed by atoms with Gasteiger partial charge >= 0.3 is 0 Å². The molecule has 0 radical (unpaired) electrons. The molecule has 0 saturated carbocycles. The predicted octanol–water partition coefficient (Wildman–Crippen LogP) is 4.44. The molecule has 0 aliphatic carbocycles. The fourth-order valence-corrected chi connectivity index (χ4v) is 3.75. The first-order chi connectivity index (χ1) is 11.0. The molecule has 0 fully saturated rings.